The van der Waals surface area contributed by atoms with Crippen molar-refractivity contribution in [3.05, 3.63) is 63.1 Å². The van der Waals surface area contributed by atoms with E-state index in [9.17, 15) is 8.78 Å². The van der Waals surface area contributed by atoms with Crippen LogP contribution in [0.1, 0.15) is 11.6 Å². The summed E-state index contributed by atoms with van der Waals surface area (Å²) in [5.74, 6) is -0.821. The van der Waals surface area contributed by atoms with Crippen molar-refractivity contribution in [3.63, 3.8) is 0 Å². The maximum atomic E-state index is 13.9. The first-order chi connectivity index (χ1) is 9.51. The summed E-state index contributed by atoms with van der Waals surface area (Å²) in [5.41, 5.74) is 6.45. The number of rotatable bonds is 4. The van der Waals surface area contributed by atoms with E-state index < -0.39 is 17.7 Å². The van der Waals surface area contributed by atoms with Crippen molar-refractivity contribution in [3.8, 4) is 0 Å². The van der Waals surface area contributed by atoms with E-state index in [4.69, 9.17) is 17.3 Å². The predicted molar refractivity (Wildman–Crippen MR) is 80.9 cm³/mol. The predicted octanol–water partition coefficient (Wildman–Crippen LogP) is 4.49. The summed E-state index contributed by atoms with van der Waals surface area (Å²) in [7, 11) is 0. The monoisotopic (exact) mass is 360 g/mol. The Morgan fingerprint density at radius 1 is 1.20 bits per heavy atom. The van der Waals surface area contributed by atoms with E-state index in [1.54, 1.807) is 12.1 Å². The average molecular weight is 362 g/mol. The number of nitrogens with one attached hydrogen (secondary N) is 1. The van der Waals surface area contributed by atoms with E-state index in [0.717, 1.165) is 0 Å². The second kappa shape index (κ2) is 6.52. The Labute approximate surface area is 129 Å². The number of halogens is 4. The number of hydrogen-bond donors (Lipinski definition) is 2. The van der Waals surface area contributed by atoms with Gasteiger partial charge in [-0.1, -0.05) is 33.6 Å². The third-order valence-electron chi connectivity index (χ3n) is 2.83. The lowest BCUT2D eigenvalue weighted by molar-refractivity contribution is 0.592. The molecule has 106 valence electrons. The molecule has 0 heterocycles. The van der Waals surface area contributed by atoms with Crippen molar-refractivity contribution in [2.45, 2.75) is 6.04 Å². The Balaban J connectivity index is 2.31. The van der Waals surface area contributed by atoms with Gasteiger partial charge in [-0.25, -0.2) is 8.78 Å². The summed E-state index contributed by atoms with van der Waals surface area (Å²) in [4.78, 5) is 0. The maximum absolute atomic E-state index is 13.9. The van der Waals surface area contributed by atoms with Crippen molar-refractivity contribution in [1.82, 2.24) is 0 Å². The molecule has 0 aliphatic carbocycles. The van der Waals surface area contributed by atoms with Crippen molar-refractivity contribution in [1.29, 1.82) is 0 Å². The standard InChI is InChI=1S/C14H12BrClF2N2/c15-8-1-3-10(12(18)5-8)14(7-19)20-13-6-9(17)2-4-11(13)16/h1-6,14,20H,7,19H2. The SMILES string of the molecule is NCC(Nc1cc(F)ccc1Cl)c1ccc(Br)cc1F. The van der Waals surface area contributed by atoms with Crippen LogP contribution in [0.4, 0.5) is 14.5 Å². The lowest BCUT2D eigenvalue weighted by Crippen LogP contribution is -2.22. The zero-order valence-electron chi connectivity index (χ0n) is 10.3. The van der Waals surface area contributed by atoms with Gasteiger partial charge in [-0.05, 0) is 30.3 Å². The van der Waals surface area contributed by atoms with Crippen LogP contribution in [0.25, 0.3) is 0 Å². The molecule has 0 saturated carbocycles. The van der Waals surface area contributed by atoms with Gasteiger partial charge in [0.1, 0.15) is 11.6 Å². The highest BCUT2D eigenvalue weighted by Crippen LogP contribution is 2.28. The van der Waals surface area contributed by atoms with Crippen LogP contribution in [0, 0.1) is 11.6 Å². The van der Waals surface area contributed by atoms with Crippen molar-refractivity contribution in [2.75, 3.05) is 11.9 Å². The summed E-state index contributed by atoms with van der Waals surface area (Å²) in [6, 6.07) is 8.14. The lowest BCUT2D eigenvalue weighted by Gasteiger charge is -2.20. The Kier molecular flexibility index (Phi) is 4.96. The molecule has 1 atom stereocenters. The summed E-state index contributed by atoms with van der Waals surface area (Å²) in [6.07, 6.45) is 0. The molecular weight excluding hydrogens is 350 g/mol. The minimum atomic E-state index is -0.498. The molecule has 0 saturated heterocycles. The molecule has 0 amide bonds. The molecule has 0 radical (unpaired) electrons. The molecule has 0 fully saturated rings. The molecule has 1 unspecified atom stereocenters. The fourth-order valence-corrected chi connectivity index (χ4v) is 2.35. The molecule has 2 aromatic carbocycles. The third kappa shape index (κ3) is 3.48. The second-order valence-corrected chi connectivity index (χ2v) is 5.55. The molecule has 0 spiro atoms. The molecule has 6 heteroatoms. The highest BCUT2D eigenvalue weighted by atomic mass is 79.9. The van der Waals surface area contributed by atoms with Gasteiger partial charge in [-0.2, -0.15) is 0 Å². The van der Waals surface area contributed by atoms with Crippen molar-refractivity contribution in [2.24, 2.45) is 5.73 Å². The average Bonchev–Trinajstić information content (AvgIpc) is 2.40. The van der Waals surface area contributed by atoms with Crippen LogP contribution in [0.15, 0.2) is 40.9 Å². The van der Waals surface area contributed by atoms with E-state index in [1.807, 2.05) is 0 Å². The summed E-state index contributed by atoms with van der Waals surface area (Å²) < 4.78 is 27.8. The van der Waals surface area contributed by atoms with Crippen LogP contribution >= 0.6 is 27.5 Å². The normalized spacial score (nSPS) is 12.2. The smallest absolute Gasteiger partial charge is 0.129 e. The molecule has 0 aliphatic heterocycles. The third-order valence-corrected chi connectivity index (χ3v) is 3.65. The van der Waals surface area contributed by atoms with E-state index in [-0.39, 0.29) is 6.54 Å². The van der Waals surface area contributed by atoms with Gasteiger partial charge in [-0.15, -0.1) is 0 Å². The van der Waals surface area contributed by atoms with Crippen molar-refractivity contribution >= 4 is 33.2 Å². The van der Waals surface area contributed by atoms with Crippen LogP contribution < -0.4 is 11.1 Å². The first kappa shape index (κ1) is 15.2. The summed E-state index contributed by atoms with van der Waals surface area (Å²) in [6.45, 7) is 0.144. The van der Waals surface area contributed by atoms with Crippen LogP contribution in [0.5, 0.6) is 0 Å². The summed E-state index contributed by atoms with van der Waals surface area (Å²) in [5, 5.41) is 3.31. The summed E-state index contributed by atoms with van der Waals surface area (Å²) >= 11 is 9.17. The molecule has 2 aromatic rings. The van der Waals surface area contributed by atoms with Gasteiger partial charge in [0.2, 0.25) is 0 Å². The van der Waals surface area contributed by atoms with Gasteiger partial charge >= 0.3 is 0 Å². The van der Waals surface area contributed by atoms with E-state index >= 15 is 0 Å². The molecular formula is C14H12BrClF2N2. The Morgan fingerprint density at radius 2 is 1.95 bits per heavy atom. The Bertz CT molecular complexity index is 622. The first-order valence-electron chi connectivity index (χ1n) is 5.88. The zero-order valence-corrected chi connectivity index (χ0v) is 12.7. The topological polar surface area (TPSA) is 38.0 Å². The quantitative estimate of drug-likeness (QED) is 0.842. The van der Waals surface area contributed by atoms with Gasteiger partial charge in [-0.3, -0.25) is 0 Å². The highest BCUT2D eigenvalue weighted by Gasteiger charge is 2.16. The van der Waals surface area contributed by atoms with Crippen LogP contribution in [0.3, 0.4) is 0 Å². The molecule has 2 rings (SSSR count). The fraction of sp³-hybridized carbons (Fsp3) is 0.143. The maximum Gasteiger partial charge on any atom is 0.129 e. The molecule has 2 nitrogen and oxygen atoms in total. The lowest BCUT2D eigenvalue weighted by atomic mass is 10.1. The minimum Gasteiger partial charge on any atom is -0.376 e. The van der Waals surface area contributed by atoms with Gasteiger partial charge in [0, 0.05) is 16.6 Å². The minimum absolute atomic E-state index is 0.144. The number of hydrogen-bond acceptors (Lipinski definition) is 2. The zero-order chi connectivity index (χ0) is 14.7. The van der Waals surface area contributed by atoms with Gasteiger partial charge < -0.3 is 11.1 Å². The molecule has 3 N–H and O–H groups in total. The largest absolute Gasteiger partial charge is 0.376 e. The van der Waals surface area contributed by atoms with Gasteiger partial charge in [0.05, 0.1) is 16.8 Å². The molecule has 0 aliphatic rings. The van der Waals surface area contributed by atoms with Gasteiger partial charge in [0.15, 0.2) is 0 Å². The number of benzene rings is 2. The van der Waals surface area contributed by atoms with Gasteiger partial charge in [0.25, 0.3) is 0 Å². The van der Waals surface area contributed by atoms with Crippen molar-refractivity contribution < 1.29 is 8.78 Å². The second-order valence-electron chi connectivity index (χ2n) is 4.22. The van der Waals surface area contributed by atoms with E-state index in [2.05, 4.69) is 21.2 Å². The molecule has 0 bridgehead atoms. The fourth-order valence-electron chi connectivity index (χ4n) is 1.84. The van der Waals surface area contributed by atoms with Crippen LogP contribution in [0.2, 0.25) is 5.02 Å². The molecule has 0 aromatic heterocycles. The van der Waals surface area contributed by atoms with Crippen LogP contribution in [-0.2, 0) is 0 Å². The number of nitrogens with two attached hydrogens (primary N) is 1. The molecule has 20 heavy (non-hydrogen) atoms. The van der Waals surface area contributed by atoms with E-state index in [0.29, 0.717) is 20.7 Å². The Hall–Kier alpha value is -1.17. The highest BCUT2D eigenvalue weighted by molar-refractivity contribution is 9.10. The van der Waals surface area contributed by atoms with Crippen LogP contribution in [-0.4, -0.2) is 6.54 Å². The first-order valence-corrected chi connectivity index (χ1v) is 7.05. The van der Waals surface area contributed by atoms with E-state index in [1.165, 1.54) is 24.3 Å². The number of anilines is 1. The Morgan fingerprint density at radius 3 is 2.60 bits per heavy atom.